The van der Waals surface area contributed by atoms with Crippen LogP contribution < -0.4 is 10.1 Å². The molecule has 27 heavy (non-hydrogen) atoms. The number of amides is 2. The second kappa shape index (κ2) is 7.79. The summed E-state index contributed by atoms with van der Waals surface area (Å²) >= 11 is 0. The van der Waals surface area contributed by atoms with Gasteiger partial charge in [0, 0.05) is 25.2 Å². The Balaban J connectivity index is 1.43. The van der Waals surface area contributed by atoms with Crippen LogP contribution in [0.25, 0.3) is 11.0 Å². The maximum atomic E-state index is 12.6. The van der Waals surface area contributed by atoms with E-state index in [1.807, 2.05) is 4.90 Å². The number of likely N-dealkylation sites (tertiary alicyclic amines) is 1. The minimum absolute atomic E-state index is 0.110. The van der Waals surface area contributed by atoms with Gasteiger partial charge in [0.25, 0.3) is 6.01 Å². The number of nitrogens with one attached hydrogen (secondary N) is 1. The van der Waals surface area contributed by atoms with Gasteiger partial charge in [-0.1, -0.05) is 25.3 Å². The van der Waals surface area contributed by atoms with Gasteiger partial charge in [0.2, 0.25) is 0 Å². The molecular formula is C21H30N4O2. The van der Waals surface area contributed by atoms with Gasteiger partial charge in [-0.25, -0.2) is 4.79 Å². The van der Waals surface area contributed by atoms with Crippen LogP contribution in [0.5, 0.6) is 6.01 Å². The third kappa shape index (κ3) is 3.75. The summed E-state index contributed by atoms with van der Waals surface area (Å²) < 4.78 is 7.77. The van der Waals surface area contributed by atoms with E-state index in [0.29, 0.717) is 18.1 Å². The van der Waals surface area contributed by atoms with Crippen molar-refractivity contribution in [1.29, 1.82) is 0 Å². The molecule has 0 unspecified atom stereocenters. The summed E-state index contributed by atoms with van der Waals surface area (Å²) in [6, 6.07) is 7.80. The number of urea groups is 1. The number of aromatic nitrogens is 2. The smallest absolute Gasteiger partial charge is 0.317 e. The number of aryl methyl sites for hydroxylation is 1. The molecule has 1 saturated carbocycles. The third-order valence-corrected chi connectivity index (χ3v) is 6.04. The monoisotopic (exact) mass is 370 g/mol. The maximum absolute atomic E-state index is 12.6. The Kier molecular flexibility index (Phi) is 5.23. The van der Waals surface area contributed by atoms with E-state index < -0.39 is 0 Å². The second-order valence-electron chi connectivity index (χ2n) is 7.96. The van der Waals surface area contributed by atoms with Crippen molar-refractivity contribution < 1.29 is 9.53 Å². The Labute approximate surface area is 160 Å². The van der Waals surface area contributed by atoms with Crippen LogP contribution in [-0.2, 0) is 0 Å². The summed E-state index contributed by atoms with van der Waals surface area (Å²) in [7, 11) is 1.68. The third-order valence-electron chi connectivity index (χ3n) is 6.04. The average Bonchev–Trinajstić information content (AvgIpc) is 3.06. The maximum Gasteiger partial charge on any atom is 0.317 e. The molecule has 0 atom stereocenters. The Morgan fingerprint density at radius 2 is 1.89 bits per heavy atom. The minimum Gasteiger partial charge on any atom is -0.468 e. The highest BCUT2D eigenvalue weighted by molar-refractivity contribution is 5.78. The molecule has 0 radical (unpaired) electrons. The summed E-state index contributed by atoms with van der Waals surface area (Å²) in [4.78, 5) is 19.2. The molecule has 1 aliphatic heterocycles. The Morgan fingerprint density at radius 3 is 2.59 bits per heavy atom. The summed E-state index contributed by atoms with van der Waals surface area (Å²) in [5.41, 5.74) is 3.29. The van der Waals surface area contributed by atoms with E-state index in [2.05, 4.69) is 40.0 Å². The minimum atomic E-state index is 0.110. The molecule has 2 amide bonds. The zero-order valence-corrected chi connectivity index (χ0v) is 16.4. The first-order valence-corrected chi connectivity index (χ1v) is 10.2. The van der Waals surface area contributed by atoms with E-state index in [0.717, 1.165) is 49.8 Å². The fourth-order valence-electron chi connectivity index (χ4n) is 4.52. The van der Waals surface area contributed by atoms with Crippen LogP contribution in [0.15, 0.2) is 18.2 Å². The van der Waals surface area contributed by atoms with Crippen molar-refractivity contribution in [1.82, 2.24) is 19.8 Å². The fourth-order valence-corrected chi connectivity index (χ4v) is 4.52. The number of nitrogens with zero attached hydrogens (tertiary/aromatic N) is 3. The topological polar surface area (TPSA) is 59.4 Å². The van der Waals surface area contributed by atoms with Gasteiger partial charge >= 0.3 is 6.03 Å². The predicted molar refractivity (Wildman–Crippen MR) is 106 cm³/mol. The van der Waals surface area contributed by atoms with E-state index in [1.54, 1.807) is 7.11 Å². The number of carbonyl (C=O) groups is 1. The Morgan fingerprint density at radius 1 is 1.15 bits per heavy atom. The molecule has 0 bridgehead atoms. The van der Waals surface area contributed by atoms with Crippen molar-refractivity contribution >= 4 is 17.1 Å². The number of ether oxygens (including phenoxy) is 1. The number of carbonyl (C=O) groups excluding carboxylic acids is 1. The molecule has 4 rings (SSSR count). The van der Waals surface area contributed by atoms with Crippen LogP contribution in [0.3, 0.4) is 0 Å². The Bertz CT molecular complexity index is 802. The lowest BCUT2D eigenvalue weighted by Crippen LogP contribution is -2.48. The van der Waals surface area contributed by atoms with E-state index in [9.17, 15) is 4.79 Å². The zero-order valence-electron chi connectivity index (χ0n) is 16.4. The first-order valence-electron chi connectivity index (χ1n) is 10.2. The molecule has 1 saturated heterocycles. The molecule has 6 nitrogen and oxygen atoms in total. The van der Waals surface area contributed by atoms with Crippen molar-refractivity contribution in [2.24, 2.45) is 0 Å². The van der Waals surface area contributed by atoms with Gasteiger partial charge in [-0.3, -0.25) is 4.57 Å². The van der Waals surface area contributed by atoms with Gasteiger partial charge < -0.3 is 15.0 Å². The highest BCUT2D eigenvalue weighted by Crippen LogP contribution is 2.32. The quantitative estimate of drug-likeness (QED) is 0.887. The van der Waals surface area contributed by atoms with E-state index in [4.69, 9.17) is 4.74 Å². The molecule has 2 fully saturated rings. The standard InChI is InChI=1S/C21H30N4O2/c1-15-8-9-19-18(14-15)23-21(27-2)25(19)17-10-12-24(13-11-17)20(26)22-16-6-4-3-5-7-16/h8-9,14,16-17H,3-7,10-13H2,1-2H3,(H,22,26). The fraction of sp³-hybridized carbons (Fsp3) is 0.619. The molecule has 1 aliphatic carbocycles. The number of methoxy groups -OCH3 is 1. The van der Waals surface area contributed by atoms with Crippen molar-refractivity contribution in [2.45, 2.75) is 64.0 Å². The molecule has 2 aliphatic rings. The van der Waals surface area contributed by atoms with Crippen LogP contribution >= 0.6 is 0 Å². The summed E-state index contributed by atoms with van der Waals surface area (Å²) in [6.07, 6.45) is 7.87. The van der Waals surface area contributed by atoms with Crippen molar-refractivity contribution in [3.8, 4) is 6.01 Å². The molecule has 2 aromatic rings. The van der Waals surface area contributed by atoms with Crippen molar-refractivity contribution in [3.05, 3.63) is 23.8 Å². The number of benzene rings is 1. The van der Waals surface area contributed by atoms with Gasteiger partial charge in [0.05, 0.1) is 18.1 Å². The molecule has 146 valence electrons. The van der Waals surface area contributed by atoms with Crippen LogP contribution in [0.1, 0.15) is 56.6 Å². The lowest BCUT2D eigenvalue weighted by atomic mass is 9.95. The molecular weight excluding hydrogens is 340 g/mol. The zero-order chi connectivity index (χ0) is 18.8. The SMILES string of the molecule is COc1nc2cc(C)ccc2n1C1CCN(C(=O)NC2CCCCC2)CC1. The number of hydrogen-bond acceptors (Lipinski definition) is 3. The summed E-state index contributed by atoms with van der Waals surface area (Å²) in [5.74, 6) is 0. The van der Waals surface area contributed by atoms with Gasteiger partial charge in [0.15, 0.2) is 0 Å². The molecule has 1 N–H and O–H groups in total. The van der Waals surface area contributed by atoms with Crippen LogP contribution in [0.4, 0.5) is 4.79 Å². The van der Waals surface area contributed by atoms with Crippen molar-refractivity contribution in [2.75, 3.05) is 20.2 Å². The highest BCUT2D eigenvalue weighted by Gasteiger charge is 2.28. The van der Waals surface area contributed by atoms with Gasteiger partial charge in [0.1, 0.15) is 0 Å². The number of rotatable bonds is 3. The van der Waals surface area contributed by atoms with E-state index >= 15 is 0 Å². The second-order valence-corrected chi connectivity index (χ2v) is 7.96. The van der Waals surface area contributed by atoms with E-state index in [1.165, 1.54) is 24.8 Å². The average molecular weight is 370 g/mol. The lowest BCUT2D eigenvalue weighted by Gasteiger charge is -2.34. The van der Waals surface area contributed by atoms with Crippen molar-refractivity contribution in [3.63, 3.8) is 0 Å². The van der Waals surface area contributed by atoms with Gasteiger partial charge in [-0.05, 0) is 50.3 Å². The number of imidazole rings is 1. The normalized spacial score (nSPS) is 19.4. The predicted octanol–water partition coefficient (Wildman–Crippen LogP) is 4.03. The first-order chi connectivity index (χ1) is 13.2. The largest absolute Gasteiger partial charge is 0.468 e. The van der Waals surface area contributed by atoms with Crippen LogP contribution in [0, 0.1) is 6.92 Å². The molecule has 1 aromatic heterocycles. The summed E-state index contributed by atoms with van der Waals surface area (Å²) in [6.45, 7) is 3.63. The molecule has 0 spiro atoms. The van der Waals surface area contributed by atoms with E-state index in [-0.39, 0.29) is 6.03 Å². The highest BCUT2D eigenvalue weighted by atomic mass is 16.5. The van der Waals surface area contributed by atoms with Crippen LogP contribution in [0.2, 0.25) is 0 Å². The Hall–Kier alpha value is -2.24. The lowest BCUT2D eigenvalue weighted by molar-refractivity contribution is 0.164. The number of piperidine rings is 1. The molecule has 1 aromatic carbocycles. The summed E-state index contributed by atoms with van der Waals surface area (Å²) in [5, 5.41) is 3.24. The molecule has 2 heterocycles. The number of fused-ring (bicyclic) bond motifs is 1. The molecule has 6 heteroatoms. The van der Waals surface area contributed by atoms with Crippen LogP contribution in [-0.4, -0.2) is 46.7 Å². The number of hydrogen-bond donors (Lipinski definition) is 1. The van der Waals surface area contributed by atoms with Gasteiger partial charge in [-0.2, -0.15) is 4.98 Å². The first kappa shape index (κ1) is 18.1. The van der Waals surface area contributed by atoms with Gasteiger partial charge in [-0.15, -0.1) is 0 Å².